The Labute approximate surface area is 166 Å². The van der Waals surface area contributed by atoms with Gasteiger partial charge in [-0.05, 0) is 48.0 Å². The first-order chi connectivity index (χ1) is 14.1. The zero-order valence-corrected chi connectivity index (χ0v) is 15.8. The SMILES string of the molecule is COc1ccc(-c2cnc3[nH]cc(NC(=O)c4ccc(F)cc4)c3c2)cc1OC. The maximum Gasteiger partial charge on any atom is 0.255 e. The summed E-state index contributed by atoms with van der Waals surface area (Å²) in [7, 11) is 3.17. The van der Waals surface area contributed by atoms with Crippen molar-refractivity contribution in [3.05, 3.63) is 72.3 Å². The van der Waals surface area contributed by atoms with Crippen LogP contribution in [-0.4, -0.2) is 30.1 Å². The maximum atomic E-state index is 13.1. The Morgan fingerprint density at radius 2 is 1.76 bits per heavy atom. The first kappa shape index (κ1) is 18.5. The van der Waals surface area contributed by atoms with Crippen molar-refractivity contribution >= 4 is 22.6 Å². The molecule has 2 aromatic carbocycles. The first-order valence-electron chi connectivity index (χ1n) is 8.85. The van der Waals surface area contributed by atoms with Crippen LogP contribution in [-0.2, 0) is 0 Å². The van der Waals surface area contributed by atoms with Crippen LogP contribution >= 0.6 is 0 Å². The number of anilines is 1. The fourth-order valence-electron chi connectivity index (χ4n) is 3.08. The summed E-state index contributed by atoms with van der Waals surface area (Å²) in [5.41, 5.74) is 3.35. The third-order valence-electron chi connectivity index (χ3n) is 4.60. The number of ether oxygens (including phenoxy) is 2. The molecule has 6 nitrogen and oxygen atoms in total. The normalized spacial score (nSPS) is 10.7. The van der Waals surface area contributed by atoms with E-state index >= 15 is 0 Å². The van der Waals surface area contributed by atoms with Gasteiger partial charge in [0.2, 0.25) is 0 Å². The predicted molar refractivity (Wildman–Crippen MR) is 109 cm³/mol. The van der Waals surface area contributed by atoms with E-state index in [0.29, 0.717) is 28.4 Å². The minimum Gasteiger partial charge on any atom is -0.493 e. The zero-order chi connectivity index (χ0) is 20.4. The largest absolute Gasteiger partial charge is 0.493 e. The summed E-state index contributed by atoms with van der Waals surface area (Å²) in [5.74, 6) is 0.531. The van der Waals surface area contributed by atoms with E-state index in [4.69, 9.17) is 9.47 Å². The van der Waals surface area contributed by atoms with E-state index in [2.05, 4.69) is 15.3 Å². The smallest absolute Gasteiger partial charge is 0.255 e. The number of benzene rings is 2. The van der Waals surface area contributed by atoms with Crippen LogP contribution in [0.15, 0.2) is 60.9 Å². The molecule has 0 aliphatic heterocycles. The van der Waals surface area contributed by atoms with E-state index in [0.717, 1.165) is 16.5 Å². The van der Waals surface area contributed by atoms with Gasteiger partial charge in [-0.15, -0.1) is 0 Å². The molecule has 2 aromatic heterocycles. The molecule has 4 rings (SSSR count). The molecule has 0 unspecified atom stereocenters. The number of fused-ring (bicyclic) bond motifs is 1. The molecule has 7 heteroatoms. The van der Waals surface area contributed by atoms with Crippen LogP contribution in [0.25, 0.3) is 22.2 Å². The molecule has 0 atom stereocenters. The quantitative estimate of drug-likeness (QED) is 0.520. The van der Waals surface area contributed by atoms with Gasteiger partial charge in [-0.3, -0.25) is 4.79 Å². The van der Waals surface area contributed by atoms with Crippen molar-refractivity contribution in [2.75, 3.05) is 19.5 Å². The Morgan fingerprint density at radius 1 is 1.00 bits per heavy atom. The molecule has 0 bridgehead atoms. The second-order valence-corrected chi connectivity index (χ2v) is 6.35. The molecule has 0 radical (unpaired) electrons. The highest BCUT2D eigenvalue weighted by molar-refractivity contribution is 6.08. The van der Waals surface area contributed by atoms with Crippen LogP contribution in [0.4, 0.5) is 10.1 Å². The third-order valence-corrected chi connectivity index (χ3v) is 4.60. The number of carbonyl (C=O) groups excluding carboxylic acids is 1. The van der Waals surface area contributed by atoms with Gasteiger partial charge < -0.3 is 19.8 Å². The van der Waals surface area contributed by atoms with Gasteiger partial charge in [-0.2, -0.15) is 0 Å². The molecule has 1 amide bonds. The topological polar surface area (TPSA) is 76.2 Å². The van der Waals surface area contributed by atoms with Gasteiger partial charge in [0.05, 0.1) is 19.9 Å². The van der Waals surface area contributed by atoms with Crippen molar-refractivity contribution in [1.82, 2.24) is 9.97 Å². The fraction of sp³-hybridized carbons (Fsp3) is 0.0909. The molecule has 4 aromatic rings. The molecule has 2 heterocycles. The van der Waals surface area contributed by atoms with Crippen molar-refractivity contribution in [2.45, 2.75) is 0 Å². The Kier molecular flexibility index (Phi) is 4.87. The van der Waals surface area contributed by atoms with Gasteiger partial charge in [-0.25, -0.2) is 9.37 Å². The summed E-state index contributed by atoms with van der Waals surface area (Å²) in [6.45, 7) is 0. The third kappa shape index (κ3) is 3.62. The van der Waals surface area contributed by atoms with E-state index < -0.39 is 5.82 Å². The number of methoxy groups -OCH3 is 2. The lowest BCUT2D eigenvalue weighted by Crippen LogP contribution is -2.11. The predicted octanol–water partition coefficient (Wildman–Crippen LogP) is 4.64. The minimum absolute atomic E-state index is 0.331. The van der Waals surface area contributed by atoms with E-state index in [1.165, 1.54) is 24.3 Å². The highest BCUT2D eigenvalue weighted by Crippen LogP contribution is 2.34. The number of pyridine rings is 1. The number of rotatable bonds is 5. The van der Waals surface area contributed by atoms with E-state index in [1.54, 1.807) is 26.6 Å². The van der Waals surface area contributed by atoms with Gasteiger partial charge in [0.1, 0.15) is 11.5 Å². The molecule has 0 saturated carbocycles. The van der Waals surface area contributed by atoms with Crippen molar-refractivity contribution in [3.8, 4) is 22.6 Å². The second-order valence-electron chi connectivity index (χ2n) is 6.35. The zero-order valence-electron chi connectivity index (χ0n) is 15.8. The summed E-state index contributed by atoms with van der Waals surface area (Å²) in [6.07, 6.45) is 3.42. The molecule has 0 aliphatic rings. The number of hydrogen-bond donors (Lipinski definition) is 2. The molecular weight excluding hydrogens is 373 g/mol. The molecule has 146 valence electrons. The summed E-state index contributed by atoms with van der Waals surface area (Å²) in [6, 6.07) is 12.9. The van der Waals surface area contributed by atoms with Crippen LogP contribution < -0.4 is 14.8 Å². The fourth-order valence-corrected chi connectivity index (χ4v) is 3.08. The Hall–Kier alpha value is -3.87. The molecule has 0 spiro atoms. The summed E-state index contributed by atoms with van der Waals surface area (Å²) < 4.78 is 23.7. The average molecular weight is 391 g/mol. The average Bonchev–Trinajstić information content (AvgIpc) is 3.15. The Bertz CT molecular complexity index is 1190. The number of nitrogens with one attached hydrogen (secondary N) is 2. The van der Waals surface area contributed by atoms with Crippen LogP contribution in [0.1, 0.15) is 10.4 Å². The first-order valence-corrected chi connectivity index (χ1v) is 8.85. The van der Waals surface area contributed by atoms with Gasteiger partial charge >= 0.3 is 0 Å². The van der Waals surface area contributed by atoms with Crippen molar-refractivity contribution in [3.63, 3.8) is 0 Å². The van der Waals surface area contributed by atoms with Crippen LogP contribution in [0.2, 0.25) is 0 Å². The highest BCUT2D eigenvalue weighted by atomic mass is 19.1. The molecule has 0 fully saturated rings. The van der Waals surface area contributed by atoms with Gasteiger partial charge in [0.25, 0.3) is 5.91 Å². The lowest BCUT2D eigenvalue weighted by molar-refractivity contribution is 0.102. The molecule has 0 aliphatic carbocycles. The number of amides is 1. The van der Waals surface area contributed by atoms with Crippen LogP contribution in [0, 0.1) is 5.82 Å². The number of nitrogens with zero attached hydrogens (tertiary/aromatic N) is 1. The van der Waals surface area contributed by atoms with E-state index in [-0.39, 0.29) is 5.91 Å². The van der Waals surface area contributed by atoms with Crippen molar-refractivity contribution < 1.29 is 18.7 Å². The minimum atomic E-state index is -0.391. The molecule has 2 N–H and O–H groups in total. The number of hydrogen-bond acceptors (Lipinski definition) is 4. The van der Waals surface area contributed by atoms with E-state index in [1.807, 2.05) is 24.3 Å². The summed E-state index contributed by atoms with van der Waals surface area (Å²) in [5, 5.41) is 3.60. The standard InChI is InChI=1S/C22H18FN3O3/c1-28-19-8-5-14(10-20(19)29-2)15-9-17-18(12-25-21(17)24-11-15)26-22(27)13-3-6-16(23)7-4-13/h3-12H,1-2H3,(H,24,25)(H,26,27). The maximum absolute atomic E-state index is 13.1. The van der Waals surface area contributed by atoms with Crippen molar-refractivity contribution in [2.24, 2.45) is 0 Å². The number of halogens is 1. The molecule has 29 heavy (non-hydrogen) atoms. The Morgan fingerprint density at radius 3 is 2.48 bits per heavy atom. The molecule has 0 saturated heterocycles. The Balaban J connectivity index is 1.68. The lowest BCUT2D eigenvalue weighted by atomic mass is 10.1. The second kappa shape index (κ2) is 7.63. The number of carbonyl (C=O) groups is 1. The summed E-state index contributed by atoms with van der Waals surface area (Å²) in [4.78, 5) is 20.0. The van der Waals surface area contributed by atoms with Crippen molar-refractivity contribution in [1.29, 1.82) is 0 Å². The van der Waals surface area contributed by atoms with Crippen LogP contribution in [0.5, 0.6) is 11.5 Å². The lowest BCUT2D eigenvalue weighted by Gasteiger charge is -2.10. The number of aromatic nitrogens is 2. The molecular formula is C22H18FN3O3. The monoisotopic (exact) mass is 391 g/mol. The van der Waals surface area contributed by atoms with Gasteiger partial charge in [0.15, 0.2) is 11.5 Å². The summed E-state index contributed by atoms with van der Waals surface area (Å²) >= 11 is 0. The number of aromatic amines is 1. The van der Waals surface area contributed by atoms with Gasteiger partial charge in [0, 0.05) is 28.9 Å². The van der Waals surface area contributed by atoms with Gasteiger partial charge in [-0.1, -0.05) is 6.07 Å². The van der Waals surface area contributed by atoms with Crippen LogP contribution in [0.3, 0.4) is 0 Å². The number of H-pyrrole nitrogens is 1. The van der Waals surface area contributed by atoms with E-state index in [9.17, 15) is 9.18 Å². The highest BCUT2D eigenvalue weighted by Gasteiger charge is 2.13.